The summed E-state index contributed by atoms with van der Waals surface area (Å²) in [4.78, 5) is 13.2. The number of carbonyl (C=O) groups is 1. The topological polar surface area (TPSA) is 52.6 Å². The first-order valence-corrected chi connectivity index (χ1v) is 6.48. The highest BCUT2D eigenvalue weighted by atomic mass is 16.3. The first-order chi connectivity index (χ1) is 8.70. The van der Waals surface area contributed by atoms with Crippen molar-refractivity contribution in [1.82, 2.24) is 4.90 Å². The SMILES string of the molecule is CC(Nc1ccc(CC(=O)N(C)C)cc1)C(C)(C)O. The van der Waals surface area contributed by atoms with Crippen molar-refractivity contribution in [3.63, 3.8) is 0 Å². The van der Waals surface area contributed by atoms with Gasteiger partial charge < -0.3 is 15.3 Å². The Morgan fingerprint density at radius 1 is 1.32 bits per heavy atom. The number of aliphatic hydroxyl groups is 1. The van der Waals surface area contributed by atoms with Crippen molar-refractivity contribution in [3.8, 4) is 0 Å². The van der Waals surface area contributed by atoms with Gasteiger partial charge in [0.25, 0.3) is 0 Å². The van der Waals surface area contributed by atoms with Gasteiger partial charge in [0.15, 0.2) is 0 Å². The number of nitrogens with zero attached hydrogens (tertiary/aromatic N) is 1. The first kappa shape index (κ1) is 15.5. The second-order valence-electron chi connectivity index (χ2n) is 5.68. The molecular formula is C15H24N2O2. The minimum Gasteiger partial charge on any atom is -0.388 e. The standard InChI is InChI=1S/C15H24N2O2/c1-11(15(2,3)19)16-13-8-6-12(7-9-13)10-14(18)17(4)5/h6-9,11,16,19H,10H2,1-5H3. The number of hydrogen-bond donors (Lipinski definition) is 2. The van der Waals surface area contributed by atoms with Crippen molar-refractivity contribution in [2.75, 3.05) is 19.4 Å². The molecule has 0 aliphatic heterocycles. The molecule has 0 aliphatic carbocycles. The van der Waals surface area contributed by atoms with E-state index >= 15 is 0 Å². The summed E-state index contributed by atoms with van der Waals surface area (Å²) in [5.74, 6) is 0.0885. The highest BCUT2D eigenvalue weighted by Gasteiger charge is 2.21. The van der Waals surface area contributed by atoms with Gasteiger partial charge in [-0.15, -0.1) is 0 Å². The molecular weight excluding hydrogens is 240 g/mol. The lowest BCUT2D eigenvalue weighted by atomic mass is 10.0. The average molecular weight is 264 g/mol. The summed E-state index contributed by atoms with van der Waals surface area (Å²) >= 11 is 0. The Morgan fingerprint density at radius 2 is 1.84 bits per heavy atom. The smallest absolute Gasteiger partial charge is 0.226 e. The van der Waals surface area contributed by atoms with Crippen LogP contribution in [-0.4, -0.2) is 41.7 Å². The van der Waals surface area contributed by atoms with E-state index in [-0.39, 0.29) is 11.9 Å². The van der Waals surface area contributed by atoms with E-state index in [9.17, 15) is 9.90 Å². The zero-order valence-corrected chi connectivity index (χ0v) is 12.4. The molecule has 0 fully saturated rings. The van der Waals surface area contributed by atoms with E-state index < -0.39 is 5.60 Å². The van der Waals surface area contributed by atoms with Gasteiger partial charge in [-0.1, -0.05) is 12.1 Å². The van der Waals surface area contributed by atoms with Gasteiger partial charge in [-0.05, 0) is 38.5 Å². The minimum atomic E-state index is -0.778. The summed E-state index contributed by atoms with van der Waals surface area (Å²) in [6.45, 7) is 5.48. The molecule has 0 aliphatic rings. The third kappa shape index (κ3) is 4.91. The molecule has 1 unspecified atom stereocenters. The van der Waals surface area contributed by atoms with Crippen molar-refractivity contribution in [1.29, 1.82) is 0 Å². The van der Waals surface area contributed by atoms with Crippen LogP contribution in [0, 0.1) is 0 Å². The van der Waals surface area contributed by atoms with Gasteiger partial charge in [-0.25, -0.2) is 0 Å². The number of nitrogens with one attached hydrogen (secondary N) is 1. The highest BCUT2D eigenvalue weighted by molar-refractivity contribution is 5.78. The number of amides is 1. The summed E-state index contributed by atoms with van der Waals surface area (Å²) in [6, 6.07) is 7.67. The largest absolute Gasteiger partial charge is 0.388 e. The Labute approximate surface area is 115 Å². The maximum atomic E-state index is 11.6. The molecule has 0 heterocycles. The number of likely N-dealkylation sites (N-methyl/N-ethyl adjacent to an activating group) is 1. The predicted octanol–water partition coefficient (Wildman–Crippen LogP) is 1.89. The fourth-order valence-corrected chi connectivity index (χ4v) is 1.48. The van der Waals surface area contributed by atoms with Crippen molar-refractivity contribution in [3.05, 3.63) is 29.8 Å². The summed E-state index contributed by atoms with van der Waals surface area (Å²) in [5.41, 5.74) is 1.15. The molecule has 0 radical (unpaired) electrons. The highest BCUT2D eigenvalue weighted by Crippen LogP contribution is 2.16. The van der Waals surface area contributed by atoms with Crippen LogP contribution in [0.5, 0.6) is 0 Å². The van der Waals surface area contributed by atoms with Crippen LogP contribution in [0.1, 0.15) is 26.3 Å². The second kappa shape index (κ2) is 6.06. The lowest BCUT2D eigenvalue weighted by Gasteiger charge is -2.27. The van der Waals surface area contributed by atoms with Crippen LogP contribution in [0.2, 0.25) is 0 Å². The third-order valence-electron chi connectivity index (χ3n) is 3.25. The van der Waals surface area contributed by atoms with E-state index in [2.05, 4.69) is 5.32 Å². The van der Waals surface area contributed by atoms with Gasteiger partial charge in [0.1, 0.15) is 0 Å². The monoisotopic (exact) mass is 264 g/mol. The van der Waals surface area contributed by atoms with Crippen molar-refractivity contribution >= 4 is 11.6 Å². The summed E-state index contributed by atoms with van der Waals surface area (Å²) in [5, 5.41) is 13.1. The van der Waals surface area contributed by atoms with Gasteiger partial charge in [-0.2, -0.15) is 0 Å². The number of benzene rings is 1. The number of rotatable bonds is 5. The second-order valence-corrected chi connectivity index (χ2v) is 5.68. The average Bonchev–Trinajstić information content (AvgIpc) is 2.30. The van der Waals surface area contributed by atoms with Gasteiger partial charge >= 0.3 is 0 Å². The third-order valence-corrected chi connectivity index (χ3v) is 3.25. The molecule has 0 spiro atoms. The van der Waals surface area contributed by atoms with Gasteiger partial charge in [0.05, 0.1) is 18.1 Å². The Bertz CT molecular complexity index is 419. The van der Waals surface area contributed by atoms with Crippen LogP contribution in [0.15, 0.2) is 24.3 Å². The molecule has 1 aromatic carbocycles. The van der Waals surface area contributed by atoms with E-state index in [1.54, 1.807) is 32.8 Å². The molecule has 4 heteroatoms. The molecule has 1 amide bonds. The zero-order valence-electron chi connectivity index (χ0n) is 12.4. The van der Waals surface area contributed by atoms with Crippen molar-refractivity contribution < 1.29 is 9.90 Å². The Balaban J connectivity index is 2.64. The predicted molar refractivity (Wildman–Crippen MR) is 78.2 cm³/mol. The van der Waals surface area contributed by atoms with Crippen LogP contribution in [-0.2, 0) is 11.2 Å². The molecule has 1 rings (SSSR count). The van der Waals surface area contributed by atoms with Crippen molar-refractivity contribution in [2.24, 2.45) is 0 Å². The summed E-state index contributed by atoms with van der Waals surface area (Å²) < 4.78 is 0. The lowest BCUT2D eigenvalue weighted by Crippen LogP contribution is -2.39. The number of hydrogen-bond acceptors (Lipinski definition) is 3. The Hall–Kier alpha value is -1.55. The van der Waals surface area contributed by atoms with Crippen LogP contribution in [0.3, 0.4) is 0 Å². The molecule has 106 valence electrons. The van der Waals surface area contributed by atoms with E-state index in [4.69, 9.17) is 0 Å². The summed E-state index contributed by atoms with van der Waals surface area (Å²) in [7, 11) is 3.51. The Morgan fingerprint density at radius 3 is 2.26 bits per heavy atom. The molecule has 0 saturated heterocycles. The molecule has 0 saturated carbocycles. The van der Waals surface area contributed by atoms with E-state index in [0.29, 0.717) is 6.42 Å². The van der Waals surface area contributed by atoms with Crippen molar-refractivity contribution in [2.45, 2.75) is 38.8 Å². The van der Waals surface area contributed by atoms with E-state index in [1.807, 2.05) is 31.2 Å². The fourth-order valence-electron chi connectivity index (χ4n) is 1.48. The van der Waals surface area contributed by atoms with E-state index in [0.717, 1.165) is 11.3 Å². The number of anilines is 1. The summed E-state index contributed by atoms with van der Waals surface area (Å²) in [6.07, 6.45) is 0.411. The number of carbonyl (C=O) groups excluding carboxylic acids is 1. The molecule has 0 aromatic heterocycles. The maximum Gasteiger partial charge on any atom is 0.226 e. The minimum absolute atomic E-state index is 0.0539. The molecule has 19 heavy (non-hydrogen) atoms. The van der Waals surface area contributed by atoms with Crippen LogP contribution in [0.25, 0.3) is 0 Å². The van der Waals surface area contributed by atoms with E-state index in [1.165, 1.54) is 0 Å². The van der Waals surface area contributed by atoms with Gasteiger partial charge in [-0.3, -0.25) is 4.79 Å². The normalized spacial score (nSPS) is 12.9. The molecule has 0 bridgehead atoms. The van der Waals surface area contributed by atoms with Crippen LogP contribution >= 0.6 is 0 Å². The molecule has 2 N–H and O–H groups in total. The first-order valence-electron chi connectivity index (χ1n) is 6.48. The Kier molecular flexibility index (Phi) is 4.95. The van der Waals surface area contributed by atoms with Crippen LogP contribution < -0.4 is 5.32 Å². The lowest BCUT2D eigenvalue weighted by molar-refractivity contribution is -0.127. The molecule has 1 aromatic rings. The van der Waals surface area contributed by atoms with Crippen LogP contribution in [0.4, 0.5) is 5.69 Å². The zero-order chi connectivity index (χ0) is 14.6. The molecule has 1 atom stereocenters. The van der Waals surface area contributed by atoms with Gasteiger partial charge in [0.2, 0.25) is 5.91 Å². The molecule has 4 nitrogen and oxygen atoms in total. The maximum absolute atomic E-state index is 11.6. The fraction of sp³-hybridized carbons (Fsp3) is 0.533. The van der Waals surface area contributed by atoms with Gasteiger partial charge in [0, 0.05) is 19.8 Å². The quantitative estimate of drug-likeness (QED) is 0.854.